The molecular weight excluding hydrogens is 434 g/mol. The lowest BCUT2D eigenvalue weighted by atomic mass is 9.98. The summed E-state index contributed by atoms with van der Waals surface area (Å²) in [7, 11) is 3.41. The molecule has 1 unspecified atom stereocenters. The number of hydrogen-bond acceptors (Lipinski definition) is 9. The number of ether oxygens (including phenoxy) is 3. The van der Waals surface area contributed by atoms with Gasteiger partial charge in [0.25, 0.3) is 0 Å². The van der Waals surface area contributed by atoms with Gasteiger partial charge in [0.05, 0.1) is 17.4 Å². The molecule has 0 aromatic heterocycles. The first kappa shape index (κ1) is 24.7. The molecule has 2 aliphatic rings. The molecule has 0 radical (unpaired) electrons. The first-order valence-corrected chi connectivity index (χ1v) is 13.4. The van der Waals surface area contributed by atoms with Crippen LogP contribution in [0.25, 0.3) is 0 Å². The Balaban J connectivity index is 1.72. The Morgan fingerprint density at radius 1 is 1.24 bits per heavy atom. The average molecular weight is 466 g/mol. The van der Waals surface area contributed by atoms with Gasteiger partial charge in [0.1, 0.15) is 6.04 Å². The molecule has 2 fully saturated rings. The van der Waals surface area contributed by atoms with E-state index in [0.29, 0.717) is 23.5 Å². The summed E-state index contributed by atoms with van der Waals surface area (Å²) in [5, 5.41) is 0. The number of esters is 2. The summed E-state index contributed by atoms with van der Waals surface area (Å²) in [6, 6.07) is -0.632. The third kappa shape index (κ3) is 7.88. The topological polar surface area (TPSA) is 82.1 Å². The van der Waals surface area contributed by atoms with Crippen molar-refractivity contribution in [2.75, 3.05) is 36.5 Å². The van der Waals surface area contributed by atoms with E-state index in [0.717, 1.165) is 25.2 Å². The molecule has 0 saturated carbocycles. The quantitative estimate of drug-likeness (QED) is 0.221. The highest BCUT2D eigenvalue weighted by Gasteiger charge is 2.37. The third-order valence-electron chi connectivity index (χ3n) is 4.54. The third-order valence-corrected chi connectivity index (χ3v) is 8.18. The van der Waals surface area contributed by atoms with Crippen molar-refractivity contribution in [1.82, 2.24) is 4.90 Å². The maximum absolute atomic E-state index is 12.8. The van der Waals surface area contributed by atoms with E-state index >= 15 is 0 Å². The molecule has 2 heterocycles. The molecule has 29 heavy (non-hydrogen) atoms. The smallest absolute Gasteiger partial charge is 0.332 e. The molecule has 0 spiro atoms. The minimum Gasteiger partial charge on any atom is -0.427 e. The monoisotopic (exact) mass is 465 g/mol. The Labute approximate surface area is 185 Å². The largest absolute Gasteiger partial charge is 0.427 e. The molecule has 10 heteroatoms. The second-order valence-electron chi connectivity index (χ2n) is 8.19. The molecule has 2 rings (SSSR count). The molecule has 2 saturated heterocycles. The van der Waals surface area contributed by atoms with E-state index in [1.54, 1.807) is 47.3 Å². The van der Waals surface area contributed by atoms with Gasteiger partial charge in [-0.2, -0.15) is 0 Å². The van der Waals surface area contributed by atoms with E-state index in [1.807, 2.05) is 6.92 Å². The zero-order valence-corrected chi connectivity index (χ0v) is 20.0. The Morgan fingerprint density at radius 2 is 2.00 bits per heavy atom. The fourth-order valence-electron chi connectivity index (χ4n) is 2.71. The van der Waals surface area contributed by atoms with Gasteiger partial charge >= 0.3 is 11.9 Å². The van der Waals surface area contributed by atoms with E-state index in [1.165, 1.54) is 11.8 Å². The van der Waals surface area contributed by atoms with Crippen molar-refractivity contribution in [3.8, 4) is 0 Å². The zero-order valence-electron chi connectivity index (χ0n) is 17.5. The summed E-state index contributed by atoms with van der Waals surface area (Å²) < 4.78 is 15.7. The lowest BCUT2D eigenvalue weighted by molar-refractivity contribution is -0.176. The lowest BCUT2D eigenvalue weighted by Gasteiger charge is -2.25. The fraction of sp³-hybridized carbons (Fsp3) is 0.842. The standard InChI is InChI=1S/C19H31NO6S3/c1-13(8-28-29-9-14-6-5-7-24-14)16(21)20-11-27-10-15(20)17(22)25-12-26-18(23)19(2,3)4/h13-15H,5-12H2,1-4H3/t13-,14?,15+/m1/s1. The van der Waals surface area contributed by atoms with E-state index in [2.05, 4.69) is 0 Å². The van der Waals surface area contributed by atoms with Crippen LogP contribution >= 0.6 is 33.3 Å². The predicted octanol–water partition coefficient (Wildman–Crippen LogP) is 3.17. The predicted molar refractivity (Wildman–Crippen MR) is 118 cm³/mol. The van der Waals surface area contributed by atoms with Gasteiger partial charge in [-0.1, -0.05) is 28.5 Å². The van der Waals surface area contributed by atoms with Gasteiger partial charge in [-0.15, -0.1) is 11.8 Å². The number of nitrogens with zero attached hydrogens (tertiary/aromatic N) is 1. The molecule has 1 amide bonds. The molecule has 166 valence electrons. The van der Waals surface area contributed by atoms with Crippen LogP contribution in [0.4, 0.5) is 0 Å². The number of carbonyl (C=O) groups excluding carboxylic acids is 3. The Morgan fingerprint density at radius 3 is 2.66 bits per heavy atom. The van der Waals surface area contributed by atoms with Crippen molar-refractivity contribution in [2.24, 2.45) is 11.3 Å². The van der Waals surface area contributed by atoms with Crippen molar-refractivity contribution < 1.29 is 28.6 Å². The van der Waals surface area contributed by atoms with Gasteiger partial charge in [-0.25, -0.2) is 4.79 Å². The van der Waals surface area contributed by atoms with E-state index < -0.39 is 30.2 Å². The Kier molecular flexibility index (Phi) is 9.97. The summed E-state index contributed by atoms with van der Waals surface area (Å²) in [6.07, 6.45) is 2.58. The molecule has 0 N–H and O–H groups in total. The van der Waals surface area contributed by atoms with Gasteiger partial charge < -0.3 is 19.1 Å². The number of amides is 1. The molecule has 0 bridgehead atoms. The summed E-state index contributed by atoms with van der Waals surface area (Å²) in [6.45, 7) is 7.49. The summed E-state index contributed by atoms with van der Waals surface area (Å²) in [4.78, 5) is 38.5. The normalized spacial score (nSPS) is 23.1. The van der Waals surface area contributed by atoms with Crippen molar-refractivity contribution in [3.63, 3.8) is 0 Å². The van der Waals surface area contributed by atoms with Gasteiger partial charge in [0, 0.05) is 29.8 Å². The van der Waals surface area contributed by atoms with Crippen molar-refractivity contribution in [3.05, 3.63) is 0 Å². The SMILES string of the molecule is C[C@H](CSSCC1CCCO1)C(=O)N1CSC[C@H]1C(=O)OCOC(=O)C(C)(C)C. The molecule has 2 aliphatic heterocycles. The molecular formula is C19H31NO6S3. The second-order valence-corrected chi connectivity index (χ2v) is 11.7. The second kappa shape index (κ2) is 11.7. The Hall–Kier alpha value is -0.580. The van der Waals surface area contributed by atoms with Crippen LogP contribution in [-0.4, -0.2) is 71.4 Å². The van der Waals surface area contributed by atoms with Crippen molar-refractivity contribution >= 4 is 51.2 Å². The Bertz CT molecular complexity index is 577. The van der Waals surface area contributed by atoms with Crippen molar-refractivity contribution in [1.29, 1.82) is 0 Å². The first-order chi connectivity index (χ1) is 13.7. The molecule has 0 aromatic rings. The summed E-state index contributed by atoms with van der Waals surface area (Å²) in [5.74, 6) is 1.38. The van der Waals surface area contributed by atoms with Crippen LogP contribution in [0.15, 0.2) is 0 Å². The highest BCUT2D eigenvalue weighted by Crippen LogP contribution is 2.30. The van der Waals surface area contributed by atoms with Gasteiger partial charge in [-0.05, 0) is 33.6 Å². The maximum atomic E-state index is 12.8. The van der Waals surface area contributed by atoms with Crippen LogP contribution in [0.3, 0.4) is 0 Å². The summed E-state index contributed by atoms with van der Waals surface area (Å²) in [5.41, 5.74) is -0.660. The van der Waals surface area contributed by atoms with Crippen LogP contribution in [0.5, 0.6) is 0 Å². The number of carbonyl (C=O) groups is 3. The highest BCUT2D eigenvalue weighted by atomic mass is 33.1. The maximum Gasteiger partial charge on any atom is 0.332 e. The highest BCUT2D eigenvalue weighted by molar-refractivity contribution is 8.76. The number of thioether (sulfide) groups is 1. The average Bonchev–Trinajstić information content (AvgIpc) is 3.35. The van der Waals surface area contributed by atoms with Crippen LogP contribution in [-0.2, 0) is 28.6 Å². The number of hydrogen-bond donors (Lipinski definition) is 0. The number of rotatable bonds is 9. The lowest BCUT2D eigenvalue weighted by Crippen LogP contribution is -2.45. The molecule has 0 aromatic carbocycles. The van der Waals surface area contributed by atoms with Crippen molar-refractivity contribution in [2.45, 2.75) is 52.7 Å². The van der Waals surface area contributed by atoms with Crippen LogP contribution in [0.1, 0.15) is 40.5 Å². The first-order valence-electron chi connectivity index (χ1n) is 9.78. The van der Waals surface area contributed by atoms with Crippen LogP contribution in [0.2, 0.25) is 0 Å². The molecule has 7 nitrogen and oxygen atoms in total. The minimum absolute atomic E-state index is 0.0474. The molecule has 0 aliphatic carbocycles. The van der Waals surface area contributed by atoms with E-state index in [-0.39, 0.29) is 11.8 Å². The van der Waals surface area contributed by atoms with Crippen LogP contribution < -0.4 is 0 Å². The van der Waals surface area contributed by atoms with E-state index in [4.69, 9.17) is 14.2 Å². The molecule has 3 atom stereocenters. The van der Waals surface area contributed by atoms with E-state index in [9.17, 15) is 14.4 Å². The fourth-order valence-corrected chi connectivity index (χ4v) is 6.46. The van der Waals surface area contributed by atoms with Gasteiger partial charge in [0.15, 0.2) is 0 Å². The van der Waals surface area contributed by atoms with Crippen LogP contribution in [0, 0.1) is 11.3 Å². The summed E-state index contributed by atoms with van der Waals surface area (Å²) >= 11 is 1.52. The zero-order chi connectivity index (χ0) is 21.4. The minimum atomic E-state index is -0.660. The van der Waals surface area contributed by atoms with Gasteiger partial charge in [-0.3, -0.25) is 9.59 Å². The van der Waals surface area contributed by atoms with Gasteiger partial charge in [0.2, 0.25) is 12.7 Å².